The third-order valence-electron chi connectivity index (χ3n) is 4.28. The molecule has 2 aromatic heterocycles. The lowest BCUT2D eigenvalue weighted by Gasteiger charge is -2.23. The van der Waals surface area contributed by atoms with Crippen LogP contribution in [0, 0.1) is 0 Å². The first-order valence-electron chi connectivity index (χ1n) is 9.99. The van der Waals surface area contributed by atoms with Gasteiger partial charge in [0.25, 0.3) is 17.7 Å². The van der Waals surface area contributed by atoms with Crippen molar-refractivity contribution in [2.45, 2.75) is 32.4 Å². The number of aromatic hydroxyl groups is 2. The minimum absolute atomic E-state index is 0.134. The Morgan fingerprint density at radius 2 is 1.76 bits per heavy atom. The number of nitrogens with zero attached hydrogens (tertiary/aromatic N) is 2. The molecule has 1 atom stereocenters. The van der Waals surface area contributed by atoms with Gasteiger partial charge in [-0.05, 0) is 37.8 Å². The molecule has 3 rings (SSSR count). The normalized spacial score (nSPS) is 12.0. The SMILES string of the molecule is CC(C)(C)OC(=O)NC(C(=O)Nc1ccsc1-c1nc(O)c(O)c(C(N)=O)n1)c1ccccc1. The van der Waals surface area contributed by atoms with E-state index >= 15 is 0 Å². The summed E-state index contributed by atoms with van der Waals surface area (Å²) in [6, 6.07) is 9.03. The third-order valence-corrected chi connectivity index (χ3v) is 5.19. The largest absolute Gasteiger partial charge is 0.501 e. The zero-order chi connectivity index (χ0) is 25.0. The van der Waals surface area contributed by atoms with E-state index in [0.29, 0.717) is 5.56 Å². The summed E-state index contributed by atoms with van der Waals surface area (Å²) in [7, 11) is 0. The molecule has 3 aromatic rings. The number of thiophene rings is 1. The number of nitrogens with one attached hydrogen (secondary N) is 2. The minimum atomic E-state index is -1.10. The van der Waals surface area contributed by atoms with Crippen LogP contribution >= 0.6 is 11.3 Å². The second-order valence-electron chi connectivity index (χ2n) is 8.07. The molecule has 6 N–H and O–H groups in total. The zero-order valence-electron chi connectivity index (χ0n) is 18.5. The molecule has 1 unspecified atom stereocenters. The minimum Gasteiger partial charge on any atom is -0.501 e. The van der Waals surface area contributed by atoms with Gasteiger partial charge >= 0.3 is 6.09 Å². The van der Waals surface area contributed by atoms with Crippen molar-refractivity contribution in [1.29, 1.82) is 0 Å². The highest BCUT2D eigenvalue weighted by molar-refractivity contribution is 7.14. The van der Waals surface area contributed by atoms with Gasteiger partial charge in [0.1, 0.15) is 11.6 Å². The van der Waals surface area contributed by atoms with Gasteiger partial charge in [0.2, 0.25) is 5.75 Å². The number of rotatable bonds is 6. The van der Waals surface area contributed by atoms with Crippen LogP contribution < -0.4 is 16.4 Å². The lowest BCUT2D eigenvalue weighted by atomic mass is 10.1. The summed E-state index contributed by atoms with van der Waals surface area (Å²) in [5, 5.41) is 26.5. The monoisotopic (exact) mass is 485 g/mol. The van der Waals surface area contributed by atoms with Gasteiger partial charge in [-0.15, -0.1) is 11.3 Å². The van der Waals surface area contributed by atoms with E-state index in [-0.39, 0.29) is 16.4 Å². The number of alkyl carbamates (subject to hydrolysis) is 1. The van der Waals surface area contributed by atoms with Gasteiger partial charge < -0.3 is 31.3 Å². The van der Waals surface area contributed by atoms with Crippen molar-refractivity contribution in [2.75, 3.05) is 5.32 Å². The van der Waals surface area contributed by atoms with Gasteiger partial charge in [-0.2, -0.15) is 4.98 Å². The van der Waals surface area contributed by atoms with Crippen LogP contribution in [-0.2, 0) is 9.53 Å². The molecule has 0 aliphatic heterocycles. The number of primary amides is 1. The van der Waals surface area contributed by atoms with Gasteiger partial charge in [0.05, 0.1) is 10.6 Å². The summed E-state index contributed by atoms with van der Waals surface area (Å²) >= 11 is 1.11. The zero-order valence-corrected chi connectivity index (χ0v) is 19.3. The molecular weight excluding hydrogens is 462 g/mol. The van der Waals surface area contributed by atoms with Gasteiger partial charge in [-0.1, -0.05) is 30.3 Å². The molecule has 2 heterocycles. The van der Waals surface area contributed by atoms with Crippen molar-refractivity contribution >= 4 is 34.9 Å². The van der Waals surface area contributed by atoms with Crippen LogP contribution in [0.25, 0.3) is 10.7 Å². The summed E-state index contributed by atoms with van der Waals surface area (Å²) in [5.74, 6) is -3.47. The van der Waals surface area contributed by atoms with E-state index in [9.17, 15) is 24.6 Å². The molecule has 0 spiro atoms. The Labute approximate surface area is 198 Å². The van der Waals surface area contributed by atoms with Crippen molar-refractivity contribution in [1.82, 2.24) is 15.3 Å². The van der Waals surface area contributed by atoms with Gasteiger partial charge in [-0.3, -0.25) is 9.59 Å². The Morgan fingerprint density at radius 1 is 1.09 bits per heavy atom. The maximum atomic E-state index is 13.2. The van der Waals surface area contributed by atoms with E-state index in [2.05, 4.69) is 20.6 Å². The molecule has 11 nitrogen and oxygen atoms in total. The molecule has 1 aromatic carbocycles. The molecule has 0 aliphatic carbocycles. The number of aromatic nitrogens is 2. The van der Waals surface area contributed by atoms with Gasteiger partial charge in [0.15, 0.2) is 11.5 Å². The van der Waals surface area contributed by atoms with E-state index in [4.69, 9.17) is 10.5 Å². The number of ether oxygens (including phenoxy) is 1. The van der Waals surface area contributed by atoms with E-state index in [1.807, 2.05) is 0 Å². The number of carbonyl (C=O) groups excluding carboxylic acids is 3. The summed E-state index contributed by atoms with van der Waals surface area (Å²) in [6.45, 7) is 5.11. The first-order chi connectivity index (χ1) is 16.0. The third kappa shape index (κ3) is 5.78. The number of hydrogen-bond donors (Lipinski definition) is 5. The van der Waals surface area contributed by atoms with Crippen LogP contribution in [0.1, 0.15) is 42.9 Å². The summed E-state index contributed by atoms with van der Waals surface area (Å²) in [6.07, 6.45) is -0.778. The van der Waals surface area contributed by atoms with E-state index in [1.165, 1.54) is 0 Å². The predicted molar refractivity (Wildman–Crippen MR) is 124 cm³/mol. The Morgan fingerprint density at radius 3 is 2.38 bits per heavy atom. The van der Waals surface area contributed by atoms with Gasteiger partial charge in [0, 0.05) is 0 Å². The second kappa shape index (κ2) is 9.75. The molecule has 178 valence electrons. The number of nitrogens with two attached hydrogens (primary N) is 1. The number of benzene rings is 1. The van der Waals surface area contributed by atoms with E-state index in [1.54, 1.807) is 62.5 Å². The number of hydrogen-bond acceptors (Lipinski definition) is 9. The number of anilines is 1. The highest BCUT2D eigenvalue weighted by Crippen LogP contribution is 2.35. The summed E-state index contributed by atoms with van der Waals surface area (Å²) in [5.41, 5.74) is 4.63. The molecule has 0 bridgehead atoms. The van der Waals surface area contributed by atoms with Gasteiger partial charge in [-0.25, -0.2) is 9.78 Å². The topological polar surface area (TPSA) is 177 Å². The van der Waals surface area contributed by atoms with Crippen molar-refractivity contribution in [3.8, 4) is 22.3 Å². The maximum Gasteiger partial charge on any atom is 0.408 e. The average Bonchev–Trinajstić information content (AvgIpc) is 3.21. The number of amides is 3. The Bertz CT molecular complexity index is 1220. The molecule has 0 aliphatic rings. The highest BCUT2D eigenvalue weighted by atomic mass is 32.1. The van der Waals surface area contributed by atoms with Crippen LogP contribution in [0.4, 0.5) is 10.5 Å². The lowest BCUT2D eigenvalue weighted by molar-refractivity contribution is -0.118. The fourth-order valence-electron chi connectivity index (χ4n) is 2.87. The lowest BCUT2D eigenvalue weighted by Crippen LogP contribution is -2.40. The molecule has 0 saturated carbocycles. The summed E-state index contributed by atoms with van der Waals surface area (Å²) in [4.78, 5) is 45.1. The van der Waals surface area contributed by atoms with Crippen LogP contribution in [-0.4, -0.2) is 43.7 Å². The Balaban J connectivity index is 1.91. The quantitative estimate of drug-likeness (QED) is 0.354. The molecule has 0 fully saturated rings. The van der Waals surface area contributed by atoms with Crippen molar-refractivity contribution in [3.05, 3.63) is 53.0 Å². The van der Waals surface area contributed by atoms with Crippen LogP contribution in [0.15, 0.2) is 41.8 Å². The molecule has 0 radical (unpaired) electrons. The standard InChI is InChI=1S/C22H23N5O6S/c1-22(2,3)33-21(32)26-13(11-7-5-4-6-8-11)19(30)24-12-9-10-34-16(12)18-25-14(17(23)29)15(28)20(31)27-18/h4-10,13,28H,1-3H3,(H2,23,29)(H,24,30)(H,26,32)(H,25,27,31). The predicted octanol–water partition coefficient (Wildman–Crippen LogP) is 2.92. The van der Waals surface area contributed by atoms with Crippen LogP contribution in [0.3, 0.4) is 0 Å². The Kier molecular flexibility index (Phi) is 7.01. The maximum absolute atomic E-state index is 13.2. The smallest absolute Gasteiger partial charge is 0.408 e. The van der Waals surface area contributed by atoms with E-state index in [0.717, 1.165) is 11.3 Å². The summed E-state index contributed by atoms with van der Waals surface area (Å²) < 4.78 is 5.28. The fraction of sp³-hybridized carbons (Fsp3) is 0.227. The Hall–Kier alpha value is -4.19. The van der Waals surface area contributed by atoms with Crippen molar-refractivity contribution < 1.29 is 29.3 Å². The molecule has 34 heavy (non-hydrogen) atoms. The first kappa shape index (κ1) is 24.5. The van der Waals surface area contributed by atoms with E-state index < -0.39 is 46.9 Å². The molecule has 12 heteroatoms. The second-order valence-corrected chi connectivity index (χ2v) is 8.99. The molecular formula is C22H23N5O6S. The van der Waals surface area contributed by atoms with Crippen LogP contribution in [0.5, 0.6) is 11.6 Å². The molecule has 3 amide bonds. The number of carbonyl (C=O) groups is 3. The first-order valence-corrected chi connectivity index (χ1v) is 10.9. The highest BCUT2D eigenvalue weighted by Gasteiger charge is 2.27. The fourth-order valence-corrected chi connectivity index (χ4v) is 3.66. The molecule has 0 saturated heterocycles. The van der Waals surface area contributed by atoms with Crippen LogP contribution in [0.2, 0.25) is 0 Å². The van der Waals surface area contributed by atoms with Crippen molar-refractivity contribution in [3.63, 3.8) is 0 Å². The average molecular weight is 486 g/mol. The van der Waals surface area contributed by atoms with Crippen molar-refractivity contribution in [2.24, 2.45) is 5.73 Å².